The summed E-state index contributed by atoms with van der Waals surface area (Å²) < 4.78 is 0. The molecule has 0 aromatic carbocycles. The van der Waals surface area contributed by atoms with Crippen LogP contribution in [0.2, 0.25) is 0 Å². The molecule has 0 rings (SSSR count). The normalized spacial score (nSPS) is 12.4. The maximum absolute atomic E-state index is 3.41. The number of rotatable bonds is 5. The molecule has 0 heterocycles. The van der Waals surface area contributed by atoms with Gasteiger partial charge in [-0.25, -0.2) is 0 Å². The van der Waals surface area contributed by atoms with Crippen molar-refractivity contribution in [2.45, 2.75) is 58.5 Å². The van der Waals surface area contributed by atoms with E-state index in [4.69, 9.17) is 0 Å². The minimum atomic E-state index is -0.360. The molecule has 1 atom stereocenters. The van der Waals surface area contributed by atoms with Crippen molar-refractivity contribution in [3.63, 3.8) is 0 Å². The fraction of sp³-hybridized carbons (Fsp3) is 0.833. The van der Waals surface area contributed by atoms with Gasteiger partial charge in [0.15, 0.2) is 0 Å². The Morgan fingerprint density at radius 1 is 1.15 bits per heavy atom. The number of unbranched alkanes of at least 4 members (excludes halogenated alkanes) is 4. The first-order chi connectivity index (χ1) is 6.18. The van der Waals surface area contributed by atoms with E-state index in [1.165, 1.54) is 25.7 Å². The highest BCUT2D eigenvalue weighted by Crippen LogP contribution is 2.34. The second-order valence-corrected chi connectivity index (χ2v) is 6.72. The third kappa shape index (κ3) is 8.32. The van der Waals surface area contributed by atoms with Gasteiger partial charge in [-0.05, 0) is 20.3 Å². The molecule has 13 heavy (non-hydrogen) atoms. The van der Waals surface area contributed by atoms with Crippen molar-refractivity contribution >= 4 is 7.92 Å². The third-order valence-electron chi connectivity index (χ3n) is 2.31. The summed E-state index contributed by atoms with van der Waals surface area (Å²) >= 11 is 0. The van der Waals surface area contributed by atoms with Crippen LogP contribution in [0.15, 0.2) is 0 Å². The summed E-state index contributed by atoms with van der Waals surface area (Å²) in [6, 6.07) is 0. The average Bonchev–Trinajstić information content (AvgIpc) is 2.10. The van der Waals surface area contributed by atoms with Crippen LogP contribution in [0, 0.1) is 11.6 Å². The highest BCUT2D eigenvalue weighted by molar-refractivity contribution is 7.62. The highest BCUT2D eigenvalue weighted by atomic mass is 31.1. The molecule has 0 aliphatic carbocycles. The van der Waals surface area contributed by atoms with Crippen molar-refractivity contribution in [3.8, 4) is 11.6 Å². The van der Waals surface area contributed by atoms with Gasteiger partial charge in [0.1, 0.15) is 0 Å². The monoisotopic (exact) mass is 199 g/mol. The first-order valence-corrected chi connectivity index (χ1v) is 7.58. The lowest BCUT2D eigenvalue weighted by molar-refractivity contribution is 0.680. The Hall–Kier alpha value is -0.0100. The van der Waals surface area contributed by atoms with Crippen LogP contribution >= 0.6 is 7.92 Å². The predicted octanol–water partition coefficient (Wildman–Crippen LogP) is 4.17. The zero-order valence-electron chi connectivity index (χ0n) is 9.61. The van der Waals surface area contributed by atoms with Crippen LogP contribution in [-0.4, -0.2) is 12.3 Å². The van der Waals surface area contributed by atoms with Gasteiger partial charge in [0.25, 0.3) is 0 Å². The highest BCUT2D eigenvalue weighted by Gasteiger charge is 2.09. The first-order valence-electron chi connectivity index (χ1n) is 5.50. The Balaban J connectivity index is 3.39. The lowest BCUT2D eigenvalue weighted by atomic mass is 10.2. The summed E-state index contributed by atoms with van der Waals surface area (Å²) in [6.07, 6.45) is 6.47. The average molecular weight is 199 g/mol. The van der Waals surface area contributed by atoms with E-state index in [0.29, 0.717) is 0 Å². The standard InChI is InChI=1S/C12H23P/c1-5-6-7-8-9-10-11-13(4)12(2)3/h12H,5-9H2,1-4H3/p+1. The van der Waals surface area contributed by atoms with Gasteiger partial charge in [0.05, 0.1) is 25.9 Å². The molecule has 0 radical (unpaired) electrons. The van der Waals surface area contributed by atoms with Crippen LogP contribution in [0.3, 0.4) is 0 Å². The minimum absolute atomic E-state index is 0.360. The molecule has 0 aliphatic rings. The Labute approximate surface area is 85.3 Å². The fourth-order valence-electron chi connectivity index (χ4n) is 0.986. The largest absolute Gasteiger partial charge is 0.0782 e. The van der Waals surface area contributed by atoms with Gasteiger partial charge in [-0.2, -0.15) is 0 Å². The van der Waals surface area contributed by atoms with E-state index in [-0.39, 0.29) is 7.92 Å². The molecule has 0 bridgehead atoms. The summed E-state index contributed by atoms with van der Waals surface area (Å²) in [7, 11) is -0.360. The Morgan fingerprint density at radius 3 is 2.38 bits per heavy atom. The number of hydrogen-bond acceptors (Lipinski definition) is 0. The van der Waals surface area contributed by atoms with Crippen molar-refractivity contribution in [2.24, 2.45) is 0 Å². The Kier molecular flexibility index (Phi) is 8.58. The van der Waals surface area contributed by atoms with Gasteiger partial charge in [-0.3, -0.25) is 0 Å². The van der Waals surface area contributed by atoms with Crippen LogP contribution < -0.4 is 0 Å². The molecule has 1 unspecified atom stereocenters. The molecule has 0 saturated carbocycles. The lowest BCUT2D eigenvalue weighted by Gasteiger charge is -1.98. The van der Waals surface area contributed by atoms with Gasteiger partial charge in [-0.15, -0.1) is 0 Å². The first kappa shape index (κ1) is 13.0. The molecular weight excluding hydrogens is 175 g/mol. The van der Waals surface area contributed by atoms with Crippen LogP contribution in [0.5, 0.6) is 0 Å². The molecule has 0 aromatic rings. The van der Waals surface area contributed by atoms with Gasteiger partial charge >= 0.3 is 0 Å². The predicted molar refractivity (Wildman–Crippen MR) is 65.9 cm³/mol. The maximum atomic E-state index is 3.41. The lowest BCUT2D eigenvalue weighted by Crippen LogP contribution is -1.87. The second kappa shape index (κ2) is 8.58. The smallest absolute Gasteiger partial charge is 0.0654 e. The molecule has 0 spiro atoms. The van der Waals surface area contributed by atoms with E-state index < -0.39 is 0 Å². The van der Waals surface area contributed by atoms with E-state index >= 15 is 0 Å². The molecule has 0 N–H and O–H groups in total. The van der Waals surface area contributed by atoms with Gasteiger partial charge in [0.2, 0.25) is 0 Å². The van der Waals surface area contributed by atoms with Crippen molar-refractivity contribution in [1.29, 1.82) is 0 Å². The molecule has 76 valence electrons. The number of hydrogen-bond donors (Lipinski definition) is 0. The van der Waals surface area contributed by atoms with Crippen molar-refractivity contribution in [3.05, 3.63) is 0 Å². The summed E-state index contributed by atoms with van der Waals surface area (Å²) in [5.41, 5.74) is 4.21. The molecular formula is C12H24P+. The summed E-state index contributed by atoms with van der Waals surface area (Å²) in [5.74, 6) is 3.32. The zero-order chi connectivity index (χ0) is 10.1. The molecule has 0 amide bonds. The van der Waals surface area contributed by atoms with E-state index in [9.17, 15) is 0 Å². The SMILES string of the molecule is CCCCCCC#C[PH+](C)C(C)C. The van der Waals surface area contributed by atoms with Crippen molar-refractivity contribution in [1.82, 2.24) is 0 Å². The topological polar surface area (TPSA) is 0 Å². The van der Waals surface area contributed by atoms with Crippen LogP contribution in [0.1, 0.15) is 52.9 Å². The van der Waals surface area contributed by atoms with Crippen molar-refractivity contribution in [2.75, 3.05) is 6.66 Å². The van der Waals surface area contributed by atoms with E-state index in [2.05, 4.69) is 39.0 Å². The zero-order valence-corrected chi connectivity index (χ0v) is 10.6. The van der Waals surface area contributed by atoms with Crippen LogP contribution in [0.25, 0.3) is 0 Å². The van der Waals surface area contributed by atoms with Gasteiger partial charge in [0, 0.05) is 6.42 Å². The van der Waals surface area contributed by atoms with Crippen LogP contribution in [0.4, 0.5) is 0 Å². The summed E-state index contributed by atoms with van der Waals surface area (Å²) in [6.45, 7) is 9.12. The molecule has 1 heteroatoms. The minimum Gasteiger partial charge on any atom is -0.0654 e. The molecule has 0 aliphatic heterocycles. The summed E-state index contributed by atoms with van der Waals surface area (Å²) in [5, 5.41) is 0. The molecule has 0 saturated heterocycles. The fourth-order valence-corrected chi connectivity index (χ4v) is 1.68. The second-order valence-electron chi connectivity index (χ2n) is 3.95. The molecule has 0 aromatic heterocycles. The molecule has 0 fully saturated rings. The quantitative estimate of drug-likeness (QED) is 0.354. The maximum Gasteiger partial charge on any atom is 0.0782 e. The third-order valence-corrected chi connectivity index (χ3v) is 4.61. The van der Waals surface area contributed by atoms with E-state index in [1.807, 2.05) is 0 Å². The Bertz CT molecular complexity index is 162. The van der Waals surface area contributed by atoms with E-state index in [1.54, 1.807) is 0 Å². The van der Waals surface area contributed by atoms with Gasteiger partial charge < -0.3 is 0 Å². The van der Waals surface area contributed by atoms with Gasteiger partial charge in [-0.1, -0.05) is 32.1 Å². The summed E-state index contributed by atoms with van der Waals surface area (Å²) in [4.78, 5) is 0. The molecule has 0 nitrogen and oxygen atoms in total. The van der Waals surface area contributed by atoms with E-state index in [0.717, 1.165) is 12.1 Å². The van der Waals surface area contributed by atoms with Crippen LogP contribution in [-0.2, 0) is 0 Å². The Morgan fingerprint density at radius 2 is 1.85 bits per heavy atom. The van der Waals surface area contributed by atoms with Crippen molar-refractivity contribution < 1.29 is 0 Å².